The van der Waals surface area contributed by atoms with Crippen LogP contribution in [-0.2, 0) is 11.8 Å². The zero-order valence-corrected chi connectivity index (χ0v) is 12.7. The molecule has 2 N–H and O–H groups in total. The van der Waals surface area contributed by atoms with Crippen LogP contribution < -0.4 is 0 Å². The third kappa shape index (κ3) is 3.34. The summed E-state index contributed by atoms with van der Waals surface area (Å²) >= 11 is 0. The van der Waals surface area contributed by atoms with E-state index in [9.17, 15) is 10.2 Å². The summed E-state index contributed by atoms with van der Waals surface area (Å²) in [6.07, 6.45) is 3.51. The zero-order chi connectivity index (χ0) is 15.3. The Morgan fingerprint density at radius 3 is 2.38 bits per heavy atom. The highest BCUT2D eigenvalue weighted by Gasteiger charge is 2.32. The maximum absolute atomic E-state index is 9.86. The number of hydrogen-bond donors (Lipinski definition) is 2. The first-order chi connectivity index (χ1) is 10.1. The minimum absolute atomic E-state index is 0.107. The van der Waals surface area contributed by atoms with Crippen molar-refractivity contribution in [2.45, 2.75) is 38.1 Å². The molecule has 1 atom stereocenters. The van der Waals surface area contributed by atoms with Gasteiger partial charge in [0.1, 0.15) is 0 Å². The van der Waals surface area contributed by atoms with Crippen molar-refractivity contribution < 1.29 is 10.2 Å². The number of benzene rings is 1. The standard InChI is InChI=1S/C17H24N2O2/c1-3-14(2)19-10-9-16(18-19)11-17(12-20,13-21)15-7-5-4-6-8-15/h4-10,14,20-21H,3,11-13H2,1-2H3. The zero-order valence-electron chi connectivity index (χ0n) is 12.7. The van der Waals surface area contributed by atoms with Crippen molar-refractivity contribution in [1.82, 2.24) is 9.78 Å². The molecule has 0 saturated carbocycles. The molecule has 21 heavy (non-hydrogen) atoms. The average molecular weight is 288 g/mol. The summed E-state index contributed by atoms with van der Waals surface area (Å²) in [7, 11) is 0. The predicted molar refractivity (Wildman–Crippen MR) is 83.2 cm³/mol. The van der Waals surface area contributed by atoms with Crippen LogP contribution in [-0.4, -0.2) is 33.2 Å². The van der Waals surface area contributed by atoms with Crippen molar-refractivity contribution in [3.8, 4) is 0 Å². The topological polar surface area (TPSA) is 58.3 Å². The van der Waals surface area contributed by atoms with Crippen LogP contribution in [0.3, 0.4) is 0 Å². The Kier molecular flexibility index (Phi) is 5.15. The number of hydrogen-bond acceptors (Lipinski definition) is 3. The molecule has 1 aromatic carbocycles. The van der Waals surface area contributed by atoms with Crippen LogP contribution in [0.1, 0.15) is 37.6 Å². The third-order valence-electron chi connectivity index (χ3n) is 4.22. The summed E-state index contributed by atoms with van der Waals surface area (Å²) in [5.41, 5.74) is 1.14. The van der Waals surface area contributed by atoms with E-state index in [0.717, 1.165) is 17.7 Å². The Hall–Kier alpha value is -1.65. The summed E-state index contributed by atoms with van der Waals surface area (Å²) in [5, 5.41) is 24.3. The van der Waals surface area contributed by atoms with E-state index in [1.54, 1.807) is 0 Å². The Morgan fingerprint density at radius 2 is 1.81 bits per heavy atom. The van der Waals surface area contributed by atoms with Crippen molar-refractivity contribution in [1.29, 1.82) is 0 Å². The Labute approximate surface area is 126 Å². The minimum Gasteiger partial charge on any atom is -0.395 e. The van der Waals surface area contributed by atoms with Gasteiger partial charge in [-0.15, -0.1) is 0 Å². The molecule has 1 heterocycles. The molecule has 0 bridgehead atoms. The predicted octanol–water partition coefficient (Wildman–Crippen LogP) is 2.32. The second kappa shape index (κ2) is 6.87. The number of aliphatic hydroxyl groups is 2. The molecule has 2 aromatic rings. The second-order valence-electron chi connectivity index (χ2n) is 5.68. The van der Waals surface area contributed by atoms with Gasteiger partial charge < -0.3 is 10.2 Å². The molecular weight excluding hydrogens is 264 g/mol. The molecule has 0 aliphatic heterocycles. The third-order valence-corrected chi connectivity index (χ3v) is 4.22. The van der Waals surface area contributed by atoms with E-state index in [0.29, 0.717) is 12.5 Å². The normalized spacial score (nSPS) is 13.3. The van der Waals surface area contributed by atoms with Gasteiger partial charge in [0.25, 0.3) is 0 Å². The van der Waals surface area contributed by atoms with Crippen molar-refractivity contribution in [3.63, 3.8) is 0 Å². The first-order valence-electron chi connectivity index (χ1n) is 7.46. The van der Waals surface area contributed by atoms with Gasteiger partial charge in [-0.3, -0.25) is 4.68 Å². The number of rotatable bonds is 7. The molecule has 4 nitrogen and oxygen atoms in total. The summed E-state index contributed by atoms with van der Waals surface area (Å²) < 4.78 is 1.94. The van der Waals surface area contributed by atoms with Crippen LogP contribution >= 0.6 is 0 Å². The highest BCUT2D eigenvalue weighted by Crippen LogP contribution is 2.27. The fourth-order valence-electron chi connectivity index (χ4n) is 2.49. The van der Waals surface area contributed by atoms with Gasteiger partial charge in [-0.1, -0.05) is 37.3 Å². The maximum Gasteiger partial charge on any atom is 0.0635 e. The van der Waals surface area contributed by atoms with Gasteiger partial charge in [0, 0.05) is 24.1 Å². The van der Waals surface area contributed by atoms with E-state index in [1.807, 2.05) is 47.3 Å². The Morgan fingerprint density at radius 1 is 1.14 bits per heavy atom. The van der Waals surface area contributed by atoms with Gasteiger partial charge >= 0.3 is 0 Å². The Balaban J connectivity index is 2.26. The van der Waals surface area contributed by atoms with Crippen LogP contribution in [0.5, 0.6) is 0 Å². The monoisotopic (exact) mass is 288 g/mol. The summed E-state index contributed by atoms with van der Waals surface area (Å²) in [4.78, 5) is 0. The fourth-order valence-corrected chi connectivity index (χ4v) is 2.49. The molecule has 0 aliphatic carbocycles. The molecule has 0 fully saturated rings. The van der Waals surface area contributed by atoms with Crippen LogP contribution in [0, 0.1) is 0 Å². The van der Waals surface area contributed by atoms with E-state index in [4.69, 9.17) is 0 Å². The lowest BCUT2D eigenvalue weighted by atomic mass is 9.78. The van der Waals surface area contributed by atoms with E-state index >= 15 is 0 Å². The molecule has 114 valence electrons. The molecule has 4 heteroatoms. The van der Waals surface area contributed by atoms with Crippen molar-refractivity contribution in [3.05, 3.63) is 53.9 Å². The van der Waals surface area contributed by atoms with E-state index in [2.05, 4.69) is 18.9 Å². The van der Waals surface area contributed by atoms with Gasteiger partial charge in [0.15, 0.2) is 0 Å². The molecule has 0 spiro atoms. The smallest absolute Gasteiger partial charge is 0.0635 e. The van der Waals surface area contributed by atoms with Crippen molar-refractivity contribution in [2.75, 3.05) is 13.2 Å². The van der Waals surface area contributed by atoms with Crippen LogP contribution in [0.25, 0.3) is 0 Å². The summed E-state index contributed by atoms with van der Waals surface area (Å²) in [6, 6.07) is 12.0. The van der Waals surface area contributed by atoms with Crippen LogP contribution in [0.2, 0.25) is 0 Å². The fraction of sp³-hybridized carbons (Fsp3) is 0.471. The second-order valence-corrected chi connectivity index (χ2v) is 5.68. The molecule has 2 rings (SSSR count). The van der Waals surface area contributed by atoms with Gasteiger partial charge in [-0.25, -0.2) is 0 Å². The van der Waals surface area contributed by atoms with E-state index in [-0.39, 0.29) is 13.2 Å². The van der Waals surface area contributed by atoms with E-state index < -0.39 is 5.41 Å². The summed E-state index contributed by atoms with van der Waals surface area (Å²) in [6.45, 7) is 4.04. The van der Waals surface area contributed by atoms with Gasteiger partial charge in [0.05, 0.1) is 18.9 Å². The molecule has 1 unspecified atom stereocenters. The molecular formula is C17H24N2O2. The molecule has 0 amide bonds. The average Bonchev–Trinajstić information content (AvgIpc) is 3.01. The highest BCUT2D eigenvalue weighted by atomic mass is 16.3. The SMILES string of the molecule is CCC(C)n1ccc(CC(CO)(CO)c2ccccc2)n1. The lowest BCUT2D eigenvalue weighted by Gasteiger charge is -2.29. The molecule has 0 radical (unpaired) electrons. The lowest BCUT2D eigenvalue weighted by Crippen LogP contribution is -2.37. The van der Waals surface area contributed by atoms with Gasteiger partial charge in [-0.05, 0) is 25.0 Å². The van der Waals surface area contributed by atoms with Crippen LogP contribution in [0.4, 0.5) is 0 Å². The maximum atomic E-state index is 9.86. The first-order valence-corrected chi connectivity index (χ1v) is 7.46. The first kappa shape index (κ1) is 15.7. The number of nitrogens with zero attached hydrogens (tertiary/aromatic N) is 2. The molecule has 0 saturated heterocycles. The van der Waals surface area contributed by atoms with Gasteiger partial charge in [0.2, 0.25) is 0 Å². The minimum atomic E-state index is -0.685. The number of aromatic nitrogens is 2. The molecule has 0 aliphatic rings. The largest absolute Gasteiger partial charge is 0.395 e. The quantitative estimate of drug-likeness (QED) is 0.822. The Bertz CT molecular complexity index is 547. The lowest BCUT2D eigenvalue weighted by molar-refractivity contribution is 0.115. The van der Waals surface area contributed by atoms with Crippen molar-refractivity contribution in [2.24, 2.45) is 0 Å². The van der Waals surface area contributed by atoms with Gasteiger partial charge in [-0.2, -0.15) is 5.10 Å². The van der Waals surface area contributed by atoms with E-state index in [1.165, 1.54) is 0 Å². The highest BCUT2D eigenvalue weighted by molar-refractivity contribution is 5.28. The summed E-state index contributed by atoms with van der Waals surface area (Å²) in [5.74, 6) is 0. The van der Waals surface area contributed by atoms with Crippen molar-refractivity contribution >= 4 is 0 Å². The molecule has 1 aromatic heterocycles. The van der Waals surface area contributed by atoms with Crippen LogP contribution in [0.15, 0.2) is 42.6 Å². The number of aliphatic hydroxyl groups excluding tert-OH is 2.